The molecule has 3 rings (SSSR count). The highest BCUT2D eigenvalue weighted by Gasteiger charge is 2.28. The third-order valence-electron chi connectivity index (χ3n) is 6.20. The number of hydrogen-bond acceptors (Lipinski definition) is 5. The Kier molecular flexibility index (Phi) is 10.5. The quantitative estimate of drug-likeness (QED) is 0.514. The average molecular weight is 510 g/mol. The Morgan fingerprint density at radius 1 is 1.12 bits per heavy atom. The molecule has 0 aromatic heterocycles. The van der Waals surface area contributed by atoms with E-state index < -0.39 is 15.3 Å². The number of likely N-dealkylation sites (N-methyl/N-ethyl adjacent to an activating group) is 1. The Labute approximate surface area is 209 Å². The van der Waals surface area contributed by atoms with Gasteiger partial charge in [0.15, 0.2) is 0 Å². The van der Waals surface area contributed by atoms with E-state index in [4.69, 9.17) is 0 Å². The molecule has 1 amide bonds. The zero-order valence-corrected chi connectivity index (χ0v) is 21.7. The Bertz CT molecular complexity index is 1020. The number of aliphatic hydroxyl groups is 1. The van der Waals surface area contributed by atoms with Gasteiger partial charge >= 0.3 is 0 Å². The van der Waals surface area contributed by atoms with Crippen LogP contribution in [0.4, 0.5) is 0 Å². The maximum Gasteiger partial charge on any atom is 0.227 e. The number of likely N-dealkylation sites (tertiary alicyclic amines) is 1. The van der Waals surface area contributed by atoms with Crippen LogP contribution in [0.3, 0.4) is 0 Å². The van der Waals surface area contributed by atoms with Crippen molar-refractivity contribution >= 4 is 28.3 Å². The van der Waals surface area contributed by atoms with Gasteiger partial charge in [-0.1, -0.05) is 54.6 Å². The summed E-state index contributed by atoms with van der Waals surface area (Å²) in [5, 5.41) is 9.42. The molecule has 9 heteroatoms. The van der Waals surface area contributed by atoms with E-state index in [9.17, 15) is 18.3 Å². The molecule has 1 aliphatic heterocycles. The number of hydrogen-bond donors (Lipinski definition) is 2. The second-order valence-corrected chi connectivity index (χ2v) is 11.4. The summed E-state index contributed by atoms with van der Waals surface area (Å²) >= 11 is 0. The molecule has 1 saturated heterocycles. The first-order valence-corrected chi connectivity index (χ1v) is 13.0. The van der Waals surface area contributed by atoms with E-state index in [0.29, 0.717) is 13.1 Å². The molecule has 1 fully saturated rings. The Balaban J connectivity index is 0.00000408. The third kappa shape index (κ3) is 7.78. The van der Waals surface area contributed by atoms with Gasteiger partial charge in [-0.2, -0.15) is 0 Å². The molecule has 2 atom stereocenters. The van der Waals surface area contributed by atoms with Gasteiger partial charge in [-0.05, 0) is 37.0 Å². The smallest absolute Gasteiger partial charge is 0.227 e. The molecule has 0 saturated carbocycles. The average Bonchev–Trinajstić information content (AvgIpc) is 3.21. The summed E-state index contributed by atoms with van der Waals surface area (Å²) in [6.07, 6.45) is 0.727. The molecule has 0 bridgehead atoms. The monoisotopic (exact) mass is 509 g/mol. The number of nitrogens with one attached hydrogen (secondary N) is 1. The number of carbonyl (C=O) groups excluding carboxylic acids is 1. The van der Waals surface area contributed by atoms with Gasteiger partial charge in [0.05, 0.1) is 23.8 Å². The second kappa shape index (κ2) is 12.7. The molecule has 0 radical (unpaired) electrons. The first-order valence-electron chi connectivity index (χ1n) is 11.4. The van der Waals surface area contributed by atoms with Crippen molar-refractivity contribution in [2.75, 3.05) is 26.7 Å². The predicted molar refractivity (Wildman–Crippen MR) is 137 cm³/mol. The Hall–Kier alpha value is -1.97. The van der Waals surface area contributed by atoms with Crippen LogP contribution in [0, 0.1) is 0 Å². The lowest BCUT2D eigenvalue weighted by Gasteiger charge is -2.32. The summed E-state index contributed by atoms with van der Waals surface area (Å²) < 4.78 is 26.5. The topological polar surface area (TPSA) is 90.0 Å². The summed E-state index contributed by atoms with van der Waals surface area (Å²) in [6, 6.07) is 17.3. The molecule has 2 aromatic carbocycles. The van der Waals surface area contributed by atoms with E-state index in [1.807, 2.05) is 61.6 Å². The summed E-state index contributed by atoms with van der Waals surface area (Å²) in [6.45, 7) is 5.65. The van der Waals surface area contributed by atoms with Crippen LogP contribution in [0.15, 0.2) is 54.6 Å². The number of carbonyl (C=O) groups is 1. The van der Waals surface area contributed by atoms with E-state index >= 15 is 0 Å². The van der Waals surface area contributed by atoms with E-state index in [1.54, 1.807) is 18.7 Å². The predicted octanol–water partition coefficient (Wildman–Crippen LogP) is 2.75. The van der Waals surface area contributed by atoms with E-state index in [1.165, 1.54) is 0 Å². The SMILES string of the molecule is CC(C)S(=O)(=O)NCc1ccc(CC(=O)N(C)[C@H](CN2CC[C@H](O)C2)c2ccccc2)cc1.Cl. The van der Waals surface area contributed by atoms with Crippen molar-refractivity contribution in [3.05, 3.63) is 71.3 Å². The highest BCUT2D eigenvalue weighted by atomic mass is 35.5. The normalized spacial score (nSPS) is 17.4. The van der Waals surface area contributed by atoms with Crippen LogP contribution in [0.2, 0.25) is 0 Å². The van der Waals surface area contributed by atoms with Crippen molar-refractivity contribution in [3.63, 3.8) is 0 Å². The summed E-state index contributed by atoms with van der Waals surface area (Å²) in [7, 11) is -1.48. The number of benzene rings is 2. The summed E-state index contributed by atoms with van der Waals surface area (Å²) in [5.41, 5.74) is 2.80. The number of β-amino-alcohol motifs (C(OH)–C–C–N with tert-alkyl or cyclic N) is 1. The second-order valence-electron chi connectivity index (χ2n) is 9.04. The number of rotatable bonds is 10. The van der Waals surface area contributed by atoms with E-state index in [-0.39, 0.29) is 43.4 Å². The van der Waals surface area contributed by atoms with Crippen LogP contribution >= 0.6 is 12.4 Å². The maximum atomic E-state index is 13.1. The molecule has 1 heterocycles. The van der Waals surface area contributed by atoms with Crippen LogP contribution in [-0.2, 0) is 27.8 Å². The molecule has 188 valence electrons. The molecule has 7 nitrogen and oxygen atoms in total. The molecule has 0 spiro atoms. The van der Waals surface area contributed by atoms with Crippen LogP contribution in [0.1, 0.15) is 43.0 Å². The van der Waals surface area contributed by atoms with Crippen molar-refractivity contribution in [2.24, 2.45) is 0 Å². The van der Waals surface area contributed by atoms with E-state index in [0.717, 1.165) is 29.7 Å². The molecular formula is C25H36ClN3O4S. The van der Waals surface area contributed by atoms with E-state index in [2.05, 4.69) is 9.62 Å². The highest BCUT2D eigenvalue weighted by molar-refractivity contribution is 7.90. The van der Waals surface area contributed by atoms with Gasteiger partial charge in [-0.15, -0.1) is 12.4 Å². The molecule has 2 aromatic rings. The largest absolute Gasteiger partial charge is 0.392 e. The maximum absolute atomic E-state index is 13.1. The van der Waals surface area contributed by atoms with Crippen molar-refractivity contribution in [2.45, 2.75) is 50.6 Å². The number of nitrogens with zero attached hydrogens (tertiary/aromatic N) is 2. The first kappa shape index (κ1) is 28.3. The molecule has 2 N–H and O–H groups in total. The number of aliphatic hydroxyl groups excluding tert-OH is 1. The Morgan fingerprint density at radius 3 is 2.29 bits per heavy atom. The molecule has 34 heavy (non-hydrogen) atoms. The van der Waals surface area contributed by atoms with Gasteiger partial charge in [0.2, 0.25) is 15.9 Å². The van der Waals surface area contributed by atoms with Crippen LogP contribution < -0.4 is 4.72 Å². The van der Waals surface area contributed by atoms with Gasteiger partial charge in [0.25, 0.3) is 0 Å². The fourth-order valence-electron chi connectivity index (χ4n) is 3.95. The van der Waals surface area contributed by atoms with Crippen molar-refractivity contribution in [1.29, 1.82) is 0 Å². The highest BCUT2D eigenvalue weighted by Crippen LogP contribution is 2.24. The summed E-state index contributed by atoms with van der Waals surface area (Å²) in [4.78, 5) is 17.2. The minimum absolute atomic E-state index is 0. The first-order chi connectivity index (χ1) is 15.7. The van der Waals surface area contributed by atoms with Crippen molar-refractivity contribution < 1.29 is 18.3 Å². The standard InChI is InChI=1S/C25H35N3O4S.ClH/c1-19(2)33(31,32)26-16-21-11-9-20(10-12-21)15-25(30)27(3)24(22-7-5-4-6-8-22)18-28-14-13-23(29)17-28;/h4-12,19,23-24,26,29H,13-18H2,1-3H3;1H/t23-,24+;/m0./s1. The number of amides is 1. The van der Waals surface area contributed by atoms with Gasteiger partial charge in [0.1, 0.15) is 0 Å². The Morgan fingerprint density at radius 2 is 1.74 bits per heavy atom. The fraction of sp³-hybridized carbons (Fsp3) is 0.480. The molecule has 0 unspecified atom stereocenters. The third-order valence-corrected chi connectivity index (χ3v) is 7.99. The van der Waals surface area contributed by atoms with Gasteiger partial charge < -0.3 is 10.0 Å². The molecule has 0 aliphatic carbocycles. The van der Waals surface area contributed by atoms with Crippen molar-refractivity contribution in [1.82, 2.24) is 14.5 Å². The fourth-order valence-corrected chi connectivity index (χ4v) is 4.65. The minimum atomic E-state index is -3.32. The zero-order chi connectivity index (χ0) is 24.0. The lowest BCUT2D eigenvalue weighted by atomic mass is 10.0. The zero-order valence-electron chi connectivity index (χ0n) is 20.1. The van der Waals surface area contributed by atoms with Crippen molar-refractivity contribution in [3.8, 4) is 0 Å². The van der Waals surface area contributed by atoms with Gasteiger partial charge in [-0.3, -0.25) is 9.69 Å². The van der Waals surface area contributed by atoms with Crippen LogP contribution in [-0.4, -0.2) is 67.3 Å². The number of sulfonamides is 1. The van der Waals surface area contributed by atoms with Crippen LogP contribution in [0.25, 0.3) is 0 Å². The van der Waals surface area contributed by atoms with Gasteiger partial charge in [-0.25, -0.2) is 13.1 Å². The molecular weight excluding hydrogens is 474 g/mol. The lowest BCUT2D eigenvalue weighted by molar-refractivity contribution is -0.131. The number of halogens is 1. The minimum Gasteiger partial charge on any atom is -0.392 e. The van der Waals surface area contributed by atoms with Gasteiger partial charge in [0, 0.05) is 33.2 Å². The van der Waals surface area contributed by atoms with Crippen LogP contribution in [0.5, 0.6) is 0 Å². The molecule has 1 aliphatic rings. The lowest BCUT2D eigenvalue weighted by Crippen LogP contribution is -2.39. The summed E-state index contributed by atoms with van der Waals surface area (Å²) in [5.74, 6) is 0.0110.